The summed E-state index contributed by atoms with van der Waals surface area (Å²) in [5.41, 5.74) is -1.79. The monoisotopic (exact) mass is 390 g/mol. The van der Waals surface area contributed by atoms with Crippen LogP contribution < -0.4 is 0 Å². The van der Waals surface area contributed by atoms with Crippen LogP contribution in [0.1, 0.15) is 40.5 Å². The van der Waals surface area contributed by atoms with E-state index in [2.05, 4.69) is 20.7 Å². The summed E-state index contributed by atoms with van der Waals surface area (Å²) in [6, 6.07) is 0. The Kier molecular flexibility index (Phi) is 8.43. The van der Waals surface area contributed by atoms with Crippen LogP contribution in [-0.2, 0) is 19.1 Å². The largest absolute Gasteiger partial charge is 0.465 e. The molecule has 0 rings (SSSR count). The highest BCUT2D eigenvalue weighted by Gasteiger charge is 2.47. The van der Waals surface area contributed by atoms with Crippen molar-refractivity contribution in [2.45, 2.75) is 52.8 Å². The molecule has 0 fully saturated rings. The molecule has 0 aromatic carbocycles. The zero-order valence-electron chi connectivity index (χ0n) is 13.1. The maximum absolute atomic E-state index is 12.6. The Morgan fingerprint density at radius 2 is 1.68 bits per heavy atom. The molecule has 22 heavy (non-hydrogen) atoms. The lowest BCUT2D eigenvalue weighted by molar-refractivity contribution is -0.220. The smallest absolute Gasteiger partial charge is 0.426 e. The lowest BCUT2D eigenvalue weighted by Crippen LogP contribution is -2.43. The van der Waals surface area contributed by atoms with Crippen molar-refractivity contribution in [3.05, 3.63) is 0 Å². The van der Waals surface area contributed by atoms with Crippen molar-refractivity contribution >= 4 is 27.9 Å². The maximum atomic E-state index is 12.6. The highest BCUT2D eigenvalue weighted by Crippen LogP contribution is 2.28. The van der Waals surface area contributed by atoms with Crippen molar-refractivity contribution < 1.29 is 32.2 Å². The molecule has 1 unspecified atom stereocenters. The third kappa shape index (κ3) is 6.98. The summed E-state index contributed by atoms with van der Waals surface area (Å²) in [5.74, 6) is -1.71. The minimum absolute atomic E-state index is 0.120. The number of hydrogen-bond acceptors (Lipinski definition) is 4. The number of hydrogen-bond donors (Lipinski definition) is 0. The number of carbonyl (C=O) groups is 2. The predicted molar refractivity (Wildman–Crippen MR) is 78.5 cm³/mol. The van der Waals surface area contributed by atoms with E-state index < -0.39 is 35.0 Å². The molecule has 0 spiro atoms. The van der Waals surface area contributed by atoms with Crippen LogP contribution in [0.5, 0.6) is 0 Å². The van der Waals surface area contributed by atoms with Gasteiger partial charge in [0.25, 0.3) is 0 Å². The van der Waals surface area contributed by atoms with Gasteiger partial charge < -0.3 is 9.47 Å². The van der Waals surface area contributed by atoms with Gasteiger partial charge in [0.05, 0.1) is 6.61 Å². The van der Waals surface area contributed by atoms with E-state index in [4.69, 9.17) is 4.74 Å². The second kappa shape index (κ2) is 8.74. The van der Waals surface area contributed by atoms with Gasteiger partial charge in [-0.1, -0.05) is 29.8 Å². The van der Waals surface area contributed by atoms with Gasteiger partial charge in [0.2, 0.25) is 6.10 Å². The van der Waals surface area contributed by atoms with Crippen LogP contribution in [0.2, 0.25) is 0 Å². The molecule has 0 bridgehead atoms. The number of esters is 2. The first-order chi connectivity index (χ1) is 9.92. The van der Waals surface area contributed by atoms with Gasteiger partial charge in [-0.15, -0.1) is 0 Å². The fraction of sp³-hybridized carbons (Fsp3) is 0.857. The van der Waals surface area contributed by atoms with Crippen LogP contribution in [0, 0.1) is 11.3 Å². The van der Waals surface area contributed by atoms with Gasteiger partial charge in [0, 0.05) is 5.33 Å². The van der Waals surface area contributed by atoms with Gasteiger partial charge >= 0.3 is 18.1 Å². The highest BCUT2D eigenvalue weighted by atomic mass is 79.9. The molecule has 0 amide bonds. The van der Waals surface area contributed by atoms with Crippen LogP contribution in [-0.4, -0.2) is 36.2 Å². The molecular formula is C14H22BrF3O4. The van der Waals surface area contributed by atoms with Gasteiger partial charge in [-0.3, -0.25) is 9.59 Å². The Morgan fingerprint density at radius 3 is 2.09 bits per heavy atom. The van der Waals surface area contributed by atoms with Crippen LogP contribution in [0.3, 0.4) is 0 Å². The first kappa shape index (κ1) is 21.2. The van der Waals surface area contributed by atoms with E-state index in [1.165, 1.54) is 13.8 Å². The first-order valence-electron chi connectivity index (χ1n) is 6.93. The maximum Gasteiger partial charge on any atom is 0.426 e. The zero-order valence-corrected chi connectivity index (χ0v) is 14.7. The Bertz CT molecular complexity index is 381. The lowest BCUT2D eigenvalue weighted by Gasteiger charge is -2.25. The Labute approximate surface area is 136 Å². The summed E-state index contributed by atoms with van der Waals surface area (Å²) in [6.45, 7) is 6.51. The molecule has 0 saturated carbocycles. The van der Waals surface area contributed by atoms with Gasteiger partial charge in [0.1, 0.15) is 0 Å². The van der Waals surface area contributed by atoms with E-state index in [-0.39, 0.29) is 6.61 Å². The molecular weight excluding hydrogens is 369 g/mol. The molecule has 0 N–H and O–H groups in total. The standard InChI is InChI=1S/C14H22BrF3O4/c1-9(2)6-5-7-21-11(19)13(3,4)12(20)22-10(8-15)14(16,17)18/h9-10H,5-8H2,1-4H3. The van der Waals surface area contributed by atoms with Crippen molar-refractivity contribution in [1.82, 2.24) is 0 Å². The first-order valence-corrected chi connectivity index (χ1v) is 8.06. The Balaban J connectivity index is 4.57. The molecule has 0 heterocycles. The van der Waals surface area contributed by atoms with E-state index in [9.17, 15) is 22.8 Å². The van der Waals surface area contributed by atoms with Crippen molar-refractivity contribution in [2.24, 2.45) is 11.3 Å². The SMILES string of the molecule is CC(C)CCCOC(=O)C(C)(C)C(=O)OC(CBr)C(F)(F)F. The highest BCUT2D eigenvalue weighted by molar-refractivity contribution is 9.09. The molecule has 130 valence electrons. The summed E-state index contributed by atoms with van der Waals surface area (Å²) in [6.07, 6.45) is -5.52. The number of halogens is 4. The van der Waals surface area contributed by atoms with E-state index in [1.54, 1.807) is 0 Å². The van der Waals surface area contributed by atoms with Crippen molar-refractivity contribution in [3.8, 4) is 0 Å². The van der Waals surface area contributed by atoms with Crippen LogP contribution >= 0.6 is 15.9 Å². The molecule has 1 atom stereocenters. The molecule has 0 saturated heterocycles. The van der Waals surface area contributed by atoms with E-state index in [0.29, 0.717) is 12.3 Å². The molecule has 0 aliphatic carbocycles. The number of ether oxygens (including phenoxy) is 2. The lowest BCUT2D eigenvalue weighted by atomic mass is 9.94. The average Bonchev–Trinajstić information content (AvgIpc) is 2.38. The predicted octanol–water partition coefficient (Wildman–Crippen LogP) is 3.86. The van der Waals surface area contributed by atoms with Gasteiger partial charge in [0.15, 0.2) is 5.41 Å². The topological polar surface area (TPSA) is 52.6 Å². The molecule has 8 heteroatoms. The van der Waals surface area contributed by atoms with Gasteiger partial charge in [-0.25, -0.2) is 0 Å². The van der Waals surface area contributed by atoms with Crippen LogP contribution in [0.15, 0.2) is 0 Å². The minimum Gasteiger partial charge on any atom is -0.465 e. The van der Waals surface area contributed by atoms with Crippen LogP contribution in [0.25, 0.3) is 0 Å². The third-order valence-electron chi connectivity index (χ3n) is 2.93. The van der Waals surface area contributed by atoms with E-state index in [0.717, 1.165) is 6.42 Å². The fourth-order valence-corrected chi connectivity index (χ4v) is 1.88. The van der Waals surface area contributed by atoms with Gasteiger partial charge in [-0.2, -0.15) is 13.2 Å². The van der Waals surface area contributed by atoms with Gasteiger partial charge in [-0.05, 0) is 32.6 Å². The second-order valence-electron chi connectivity index (χ2n) is 5.89. The zero-order chi connectivity index (χ0) is 17.6. The normalized spacial score (nSPS) is 13.9. The van der Waals surface area contributed by atoms with Crippen molar-refractivity contribution in [2.75, 3.05) is 11.9 Å². The fourth-order valence-electron chi connectivity index (χ4n) is 1.38. The Hall–Kier alpha value is -0.790. The molecule has 0 aromatic heterocycles. The molecule has 0 aliphatic heterocycles. The third-order valence-corrected chi connectivity index (χ3v) is 3.52. The number of carbonyl (C=O) groups excluding carboxylic acids is 2. The summed E-state index contributed by atoms with van der Waals surface area (Å²) < 4.78 is 47.0. The molecule has 4 nitrogen and oxygen atoms in total. The Morgan fingerprint density at radius 1 is 1.14 bits per heavy atom. The quantitative estimate of drug-likeness (QED) is 0.273. The van der Waals surface area contributed by atoms with Crippen molar-refractivity contribution in [3.63, 3.8) is 0 Å². The summed E-state index contributed by atoms with van der Waals surface area (Å²) in [5, 5.41) is -0.595. The number of alkyl halides is 4. The van der Waals surface area contributed by atoms with Crippen LogP contribution in [0.4, 0.5) is 13.2 Å². The summed E-state index contributed by atoms with van der Waals surface area (Å²) >= 11 is 2.64. The minimum atomic E-state index is -4.70. The second-order valence-corrected chi connectivity index (χ2v) is 6.53. The summed E-state index contributed by atoms with van der Waals surface area (Å²) in [4.78, 5) is 23.7. The molecule has 0 aliphatic rings. The van der Waals surface area contributed by atoms with E-state index in [1.807, 2.05) is 13.8 Å². The number of rotatable bonds is 8. The molecule has 0 aromatic rings. The summed E-state index contributed by atoms with van der Waals surface area (Å²) in [7, 11) is 0. The average molecular weight is 391 g/mol. The van der Waals surface area contributed by atoms with Crippen molar-refractivity contribution in [1.29, 1.82) is 0 Å². The van der Waals surface area contributed by atoms with E-state index >= 15 is 0 Å². The molecule has 0 radical (unpaired) electrons.